The molecule has 0 saturated carbocycles. The molecule has 0 aliphatic rings. The molecule has 8 heteroatoms. The molecule has 4 aromatic rings. The summed E-state index contributed by atoms with van der Waals surface area (Å²) >= 11 is 0. The molecule has 3 heterocycles. The number of rotatable bonds is 4. The van der Waals surface area contributed by atoms with Crippen LogP contribution in [0.15, 0.2) is 61.2 Å². The quantitative estimate of drug-likeness (QED) is 0.605. The lowest BCUT2D eigenvalue weighted by Crippen LogP contribution is -2.17. The van der Waals surface area contributed by atoms with Crippen molar-refractivity contribution in [2.45, 2.75) is 6.92 Å². The number of hydrogen-bond acceptors (Lipinski definition) is 5. The zero-order valence-electron chi connectivity index (χ0n) is 14.9. The summed E-state index contributed by atoms with van der Waals surface area (Å²) in [7, 11) is 1.74. The van der Waals surface area contributed by atoms with Crippen LogP contribution in [0.25, 0.3) is 17.1 Å². The predicted octanol–water partition coefficient (Wildman–Crippen LogP) is 2.62. The minimum atomic E-state index is -0.292. The highest BCUT2D eigenvalue weighted by atomic mass is 16.2. The van der Waals surface area contributed by atoms with Gasteiger partial charge in [-0.25, -0.2) is 15.0 Å². The highest BCUT2D eigenvalue weighted by molar-refractivity contribution is 6.03. The van der Waals surface area contributed by atoms with Crippen molar-refractivity contribution in [3.8, 4) is 17.1 Å². The van der Waals surface area contributed by atoms with Crippen molar-refractivity contribution in [2.24, 2.45) is 7.05 Å². The average Bonchev–Trinajstić information content (AvgIpc) is 3.28. The number of nitrogens with one attached hydrogen (secondary N) is 1. The van der Waals surface area contributed by atoms with E-state index in [0.29, 0.717) is 17.3 Å². The Morgan fingerprint density at radius 2 is 1.89 bits per heavy atom. The Kier molecular flexibility index (Phi) is 4.21. The molecule has 4 rings (SSSR count). The Morgan fingerprint density at radius 3 is 2.63 bits per heavy atom. The first-order chi connectivity index (χ1) is 13.1. The van der Waals surface area contributed by atoms with Crippen molar-refractivity contribution >= 4 is 11.7 Å². The molecule has 8 nitrogen and oxygen atoms in total. The van der Waals surface area contributed by atoms with Gasteiger partial charge in [0.15, 0.2) is 0 Å². The SMILES string of the molecule is Cc1nccn1-c1cc(NC(=O)c2cc(-c3ccccc3)nn2C)ncn1. The molecule has 134 valence electrons. The van der Waals surface area contributed by atoms with Crippen molar-refractivity contribution in [2.75, 3.05) is 5.32 Å². The van der Waals surface area contributed by atoms with Crippen LogP contribution < -0.4 is 5.32 Å². The lowest BCUT2D eigenvalue weighted by Gasteiger charge is -2.07. The van der Waals surface area contributed by atoms with Crippen LogP contribution in [0.1, 0.15) is 16.3 Å². The van der Waals surface area contributed by atoms with Crippen LogP contribution in [0.4, 0.5) is 5.82 Å². The summed E-state index contributed by atoms with van der Waals surface area (Å²) in [6.45, 7) is 1.88. The van der Waals surface area contributed by atoms with Gasteiger partial charge in [-0.15, -0.1) is 0 Å². The van der Waals surface area contributed by atoms with Gasteiger partial charge in [0.2, 0.25) is 0 Å². The molecule has 1 aromatic carbocycles. The number of hydrogen-bond donors (Lipinski definition) is 1. The number of imidazole rings is 1. The number of aryl methyl sites for hydroxylation is 2. The van der Waals surface area contributed by atoms with E-state index in [0.717, 1.165) is 17.1 Å². The zero-order valence-corrected chi connectivity index (χ0v) is 14.9. The van der Waals surface area contributed by atoms with Gasteiger partial charge >= 0.3 is 0 Å². The van der Waals surface area contributed by atoms with Gasteiger partial charge in [0.25, 0.3) is 5.91 Å². The molecule has 0 fully saturated rings. The van der Waals surface area contributed by atoms with Crippen LogP contribution in [0.3, 0.4) is 0 Å². The largest absolute Gasteiger partial charge is 0.305 e. The van der Waals surface area contributed by atoms with E-state index in [1.165, 1.54) is 6.33 Å². The van der Waals surface area contributed by atoms with E-state index in [4.69, 9.17) is 0 Å². The van der Waals surface area contributed by atoms with E-state index in [9.17, 15) is 4.79 Å². The van der Waals surface area contributed by atoms with Crippen LogP contribution in [0.5, 0.6) is 0 Å². The maximum Gasteiger partial charge on any atom is 0.275 e. The van der Waals surface area contributed by atoms with Gasteiger partial charge in [-0.1, -0.05) is 30.3 Å². The molecule has 27 heavy (non-hydrogen) atoms. The number of carbonyl (C=O) groups is 1. The van der Waals surface area contributed by atoms with Gasteiger partial charge in [-0.3, -0.25) is 14.0 Å². The zero-order chi connectivity index (χ0) is 18.8. The molecule has 0 spiro atoms. The topological polar surface area (TPSA) is 90.5 Å². The maximum absolute atomic E-state index is 12.7. The maximum atomic E-state index is 12.7. The molecular weight excluding hydrogens is 342 g/mol. The molecule has 0 bridgehead atoms. The van der Waals surface area contributed by atoms with Crippen LogP contribution in [-0.4, -0.2) is 35.2 Å². The molecule has 1 amide bonds. The van der Waals surface area contributed by atoms with E-state index in [1.807, 2.05) is 41.8 Å². The van der Waals surface area contributed by atoms with Crippen LogP contribution >= 0.6 is 0 Å². The second kappa shape index (κ2) is 6.83. The number of benzene rings is 1. The number of nitrogens with zero attached hydrogens (tertiary/aromatic N) is 6. The Balaban J connectivity index is 1.58. The summed E-state index contributed by atoms with van der Waals surface area (Å²) in [6, 6.07) is 13.2. The number of aromatic nitrogens is 6. The lowest BCUT2D eigenvalue weighted by atomic mass is 10.1. The molecule has 0 atom stereocenters. The first-order valence-electron chi connectivity index (χ1n) is 8.35. The Labute approximate surface area is 155 Å². The third-order valence-electron chi connectivity index (χ3n) is 4.15. The van der Waals surface area contributed by atoms with Gasteiger partial charge in [-0.2, -0.15) is 5.10 Å². The second-order valence-corrected chi connectivity index (χ2v) is 5.96. The standard InChI is InChI=1S/C19H17N7O/c1-13-20-8-9-26(13)18-11-17(21-12-22-18)23-19(27)16-10-15(24-25(16)2)14-6-4-3-5-7-14/h3-12H,1-2H3,(H,21,22,23,27). The summed E-state index contributed by atoms with van der Waals surface area (Å²) in [5.41, 5.74) is 2.13. The van der Waals surface area contributed by atoms with Gasteiger partial charge < -0.3 is 5.32 Å². The summed E-state index contributed by atoms with van der Waals surface area (Å²) < 4.78 is 3.37. The molecule has 0 aliphatic heterocycles. The van der Waals surface area contributed by atoms with Gasteiger partial charge in [0, 0.05) is 31.1 Å². The second-order valence-electron chi connectivity index (χ2n) is 5.96. The summed E-state index contributed by atoms with van der Waals surface area (Å²) in [4.78, 5) is 25.2. The molecule has 0 unspecified atom stereocenters. The van der Waals surface area contributed by atoms with E-state index in [2.05, 4.69) is 25.4 Å². The highest BCUT2D eigenvalue weighted by Gasteiger charge is 2.15. The normalized spacial score (nSPS) is 10.7. The fourth-order valence-electron chi connectivity index (χ4n) is 2.78. The summed E-state index contributed by atoms with van der Waals surface area (Å²) in [5, 5.41) is 7.23. The van der Waals surface area contributed by atoms with Crippen LogP contribution in [-0.2, 0) is 7.05 Å². The Bertz CT molecular complexity index is 1100. The Hall–Kier alpha value is -3.81. The van der Waals surface area contributed by atoms with Crippen molar-refractivity contribution in [1.29, 1.82) is 0 Å². The van der Waals surface area contributed by atoms with Crippen LogP contribution in [0, 0.1) is 6.92 Å². The molecule has 3 aromatic heterocycles. The third kappa shape index (κ3) is 3.32. The molecule has 0 saturated heterocycles. The van der Waals surface area contributed by atoms with Crippen molar-refractivity contribution in [1.82, 2.24) is 29.3 Å². The molecular formula is C19H17N7O. The minimum absolute atomic E-state index is 0.292. The molecule has 1 N–H and O–H groups in total. The fraction of sp³-hybridized carbons (Fsp3) is 0.105. The van der Waals surface area contributed by atoms with Crippen LogP contribution in [0.2, 0.25) is 0 Å². The first kappa shape index (κ1) is 16.6. The fourth-order valence-corrected chi connectivity index (χ4v) is 2.78. The summed E-state index contributed by atoms with van der Waals surface area (Å²) in [6.07, 6.45) is 4.90. The first-order valence-corrected chi connectivity index (χ1v) is 8.35. The van der Waals surface area contributed by atoms with E-state index in [-0.39, 0.29) is 5.91 Å². The monoisotopic (exact) mass is 359 g/mol. The van der Waals surface area contributed by atoms with Crippen molar-refractivity contribution < 1.29 is 4.79 Å². The van der Waals surface area contributed by atoms with Crippen molar-refractivity contribution in [3.63, 3.8) is 0 Å². The highest BCUT2D eigenvalue weighted by Crippen LogP contribution is 2.19. The Morgan fingerprint density at radius 1 is 1.07 bits per heavy atom. The number of anilines is 1. The molecule has 0 radical (unpaired) electrons. The molecule has 0 aliphatic carbocycles. The predicted molar refractivity (Wildman–Crippen MR) is 100 cm³/mol. The van der Waals surface area contributed by atoms with E-state index in [1.54, 1.807) is 36.3 Å². The van der Waals surface area contributed by atoms with E-state index >= 15 is 0 Å². The minimum Gasteiger partial charge on any atom is -0.305 e. The average molecular weight is 359 g/mol. The van der Waals surface area contributed by atoms with Crippen molar-refractivity contribution in [3.05, 3.63) is 72.7 Å². The lowest BCUT2D eigenvalue weighted by molar-refractivity contribution is 0.101. The van der Waals surface area contributed by atoms with Gasteiger partial charge in [-0.05, 0) is 13.0 Å². The summed E-state index contributed by atoms with van der Waals surface area (Å²) in [5.74, 6) is 1.54. The smallest absolute Gasteiger partial charge is 0.275 e. The van der Waals surface area contributed by atoms with Gasteiger partial charge in [0.05, 0.1) is 5.69 Å². The van der Waals surface area contributed by atoms with Gasteiger partial charge in [0.1, 0.15) is 29.5 Å². The number of amides is 1. The number of carbonyl (C=O) groups excluding carboxylic acids is 1. The third-order valence-corrected chi connectivity index (χ3v) is 4.15. The van der Waals surface area contributed by atoms with E-state index < -0.39 is 0 Å².